The molecule has 3 aromatic rings. The number of fused-ring (bicyclic) bond motifs is 1. The van der Waals surface area contributed by atoms with Crippen LogP contribution in [0.3, 0.4) is 0 Å². The highest BCUT2D eigenvalue weighted by atomic mass is 19.1. The number of hydrogen-bond acceptors (Lipinski definition) is 5. The Labute approximate surface area is 190 Å². The number of H-pyrrole nitrogens is 1. The number of Topliss-reactive ketones (excluding diaryl/α,β-unsaturated/α-hetero) is 1. The van der Waals surface area contributed by atoms with E-state index >= 15 is 0 Å². The molecule has 174 valence electrons. The predicted octanol–water partition coefficient (Wildman–Crippen LogP) is 2.92. The largest absolute Gasteiger partial charge is 0.496 e. The second kappa shape index (κ2) is 9.56. The molecule has 33 heavy (non-hydrogen) atoms. The SMILES string of the molecule is COc1ccc(C(=O)C2CCN(C(=O)CCCc3nn4cc(F)cc4c(=O)[nH]3)CC2)cc1C. The average Bonchev–Trinajstić information content (AvgIpc) is 3.19. The van der Waals surface area contributed by atoms with Gasteiger partial charge < -0.3 is 14.6 Å². The Morgan fingerprint density at radius 2 is 2.00 bits per heavy atom. The molecule has 1 fully saturated rings. The van der Waals surface area contributed by atoms with Crippen LogP contribution in [0.5, 0.6) is 5.75 Å². The molecule has 8 nitrogen and oxygen atoms in total. The summed E-state index contributed by atoms with van der Waals surface area (Å²) in [6.45, 7) is 3.01. The van der Waals surface area contributed by atoms with Crippen LogP contribution < -0.4 is 10.3 Å². The van der Waals surface area contributed by atoms with Crippen molar-refractivity contribution in [1.82, 2.24) is 19.5 Å². The van der Waals surface area contributed by atoms with E-state index in [0.29, 0.717) is 56.6 Å². The molecule has 9 heteroatoms. The normalized spacial score (nSPS) is 14.6. The van der Waals surface area contributed by atoms with Crippen LogP contribution in [0.4, 0.5) is 4.39 Å². The van der Waals surface area contributed by atoms with E-state index in [2.05, 4.69) is 10.1 Å². The zero-order valence-electron chi connectivity index (χ0n) is 18.8. The number of rotatable bonds is 7. The smallest absolute Gasteiger partial charge is 0.275 e. The third-order valence-electron chi connectivity index (χ3n) is 6.19. The molecule has 4 rings (SSSR count). The molecule has 1 aliphatic heterocycles. The number of aromatic amines is 1. The molecule has 1 saturated heterocycles. The molecule has 0 atom stereocenters. The van der Waals surface area contributed by atoms with E-state index in [-0.39, 0.29) is 23.1 Å². The van der Waals surface area contributed by atoms with Crippen molar-refractivity contribution in [3.63, 3.8) is 0 Å². The molecule has 1 amide bonds. The van der Waals surface area contributed by atoms with Crippen molar-refractivity contribution in [2.45, 2.75) is 39.0 Å². The molecule has 0 aliphatic carbocycles. The second-order valence-corrected chi connectivity index (χ2v) is 8.45. The molecule has 0 unspecified atom stereocenters. The highest BCUT2D eigenvalue weighted by molar-refractivity contribution is 5.98. The van der Waals surface area contributed by atoms with Crippen LogP contribution in [0.2, 0.25) is 0 Å². The predicted molar refractivity (Wildman–Crippen MR) is 120 cm³/mol. The van der Waals surface area contributed by atoms with E-state index in [1.807, 2.05) is 19.1 Å². The standard InChI is InChI=1S/C24H27FN4O4/c1-15-12-17(6-7-20(15)33-2)23(31)16-8-10-28(11-9-16)22(30)5-3-4-21-26-24(32)19-13-18(25)14-29(19)27-21/h6-7,12-14,16H,3-5,8-11H2,1-2H3,(H,26,27,32). The number of methoxy groups -OCH3 is 1. The Bertz CT molecular complexity index is 1240. The Balaban J connectivity index is 1.27. The minimum Gasteiger partial charge on any atom is -0.496 e. The van der Waals surface area contributed by atoms with Crippen LogP contribution in [0.25, 0.3) is 5.52 Å². The fourth-order valence-corrected chi connectivity index (χ4v) is 4.36. The lowest BCUT2D eigenvalue weighted by molar-refractivity contribution is -0.132. The van der Waals surface area contributed by atoms with E-state index in [4.69, 9.17) is 4.74 Å². The first-order valence-corrected chi connectivity index (χ1v) is 11.1. The van der Waals surface area contributed by atoms with Crippen molar-refractivity contribution in [2.24, 2.45) is 5.92 Å². The lowest BCUT2D eigenvalue weighted by atomic mass is 9.88. The minimum absolute atomic E-state index is 0.0247. The quantitative estimate of drug-likeness (QED) is 0.554. The van der Waals surface area contributed by atoms with Gasteiger partial charge in [0.05, 0.1) is 13.3 Å². The number of halogens is 1. The maximum Gasteiger partial charge on any atom is 0.275 e. The summed E-state index contributed by atoms with van der Waals surface area (Å²) in [6.07, 6.45) is 3.67. The number of benzene rings is 1. The molecular formula is C24H27FN4O4. The van der Waals surface area contributed by atoms with E-state index in [9.17, 15) is 18.8 Å². The van der Waals surface area contributed by atoms with Gasteiger partial charge >= 0.3 is 0 Å². The third-order valence-corrected chi connectivity index (χ3v) is 6.19. The zero-order valence-corrected chi connectivity index (χ0v) is 18.8. The van der Waals surface area contributed by atoms with Crippen molar-refractivity contribution >= 4 is 17.2 Å². The first-order valence-electron chi connectivity index (χ1n) is 11.1. The van der Waals surface area contributed by atoms with Gasteiger partial charge in [-0.1, -0.05) is 0 Å². The molecule has 1 aromatic carbocycles. The van der Waals surface area contributed by atoms with Crippen LogP contribution in [-0.2, 0) is 11.2 Å². The van der Waals surface area contributed by atoms with Gasteiger partial charge in [0.15, 0.2) is 5.78 Å². The zero-order chi connectivity index (χ0) is 23.5. The van der Waals surface area contributed by atoms with Gasteiger partial charge in [-0.25, -0.2) is 8.91 Å². The van der Waals surface area contributed by atoms with E-state index in [1.54, 1.807) is 18.1 Å². The minimum atomic E-state index is -0.524. The number of hydrogen-bond donors (Lipinski definition) is 1. The number of piperidine rings is 1. The van der Waals surface area contributed by atoms with Gasteiger partial charge in [-0.3, -0.25) is 14.4 Å². The topological polar surface area (TPSA) is 96.8 Å². The van der Waals surface area contributed by atoms with Crippen molar-refractivity contribution in [3.8, 4) is 5.75 Å². The van der Waals surface area contributed by atoms with E-state index in [0.717, 1.165) is 23.6 Å². The molecule has 1 aliphatic rings. The molecule has 3 heterocycles. The fourth-order valence-electron chi connectivity index (χ4n) is 4.36. The lowest BCUT2D eigenvalue weighted by Gasteiger charge is -2.31. The molecule has 0 spiro atoms. The van der Waals surface area contributed by atoms with Gasteiger partial charge in [0.1, 0.15) is 22.9 Å². The lowest BCUT2D eigenvalue weighted by Crippen LogP contribution is -2.40. The molecule has 0 radical (unpaired) electrons. The van der Waals surface area contributed by atoms with Crippen LogP contribution in [0, 0.1) is 18.7 Å². The summed E-state index contributed by atoms with van der Waals surface area (Å²) in [7, 11) is 1.61. The highest BCUT2D eigenvalue weighted by Gasteiger charge is 2.28. The van der Waals surface area contributed by atoms with Gasteiger partial charge in [0.25, 0.3) is 5.56 Å². The van der Waals surface area contributed by atoms with Gasteiger partial charge in [0, 0.05) is 43.5 Å². The number of ketones is 1. The first-order chi connectivity index (χ1) is 15.9. The van der Waals surface area contributed by atoms with E-state index in [1.165, 1.54) is 4.52 Å². The average molecular weight is 455 g/mol. The molecular weight excluding hydrogens is 427 g/mol. The summed E-state index contributed by atoms with van der Waals surface area (Å²) < 4.78 is 19.8. The monoisotopic (exact) mass is 454 g/mol. The number of nitrogens with zero attached hydrogens (tertiary/aromatic N) is 3. The van der Waals surface area contributed by atoms with Crippen LogP contribution in [-0.4, -0.2) is 51.4 Å². The molecule has 0 saturated carbocycles. The number of carbonyl (C=O) groups excluding carboxylic acids is 2. The number of carbonyl (C=O) groups is 2. The van der Waals surface area contributed by atoms with Gasteiger partial charge in [0.2, 0.25) is 5.91 Å². The summed E-state index contributed by atoms with van der Waals surface area (Å²) in [6, 6.07) is 6.59. The Morgan fingerprint density at radius 1 is 1.24 bits per heavy atom. The maximum atomic E-state index is 13.3. The van der Waals surface area contributed by atoms with Gasteiger partial charge in [-0.2, -0.15) is 5.10 Å². The summed E-state index contributed by atoms with van der Waals surface area (Å²) in [5, 5.41) is 4.19. The maximum absolute atomic E-state index is 13.3. The number of likely N-dealkylation sites (tertiary alicyclic amines) is 1. The molecule has 1 N–H and O–H groups in total. The summed E-state index contributed by atoms with van der Waals surface area (Å²) in [5.41, 5.74) is 1.34. The van der Waals surface area contributed by atoms with Crippen LogP contribution in [0.1, 0.15) is 47.4 Å². The third kappa shape index (κ3) is 4.97. The summed E-state index contributed by atoms with van der Waals surface area (Å²) in [5.74, 6) is 0.687. The number of ether oxygens (including phenoxy) is 1. The van der Waals surface area contributed by atoms with Crippen LogP contribution in [0.15, 0.2) is 35.3 Å². The Morgan fingerprint density at radius 3 is 2.70 bits per heavy atom. The van der Waals surface area contributed by atoms with Gasteiger partial charge in [-0.05, 0) is 49.9 Å². The van der Waals surface area contributed by atoms with Gasteiger partial charge in [-0.15, -0.1) is 0 Å². The second-order valence-electron chi connectivity index (χ2n) is 8.45. The van der Waals surface area contributed by atoms with E-state index < -0.39 is 11.4 Å². The summed E-state index contributed by atoms with van der Waals surface area (Å²) in [4.78, 5) is 41.9. The summed E-state index contributed by atoms with van der Waals surface area (Å²) >= 11 is 0. The van der Waals surface area contributed by atoms with Crippen molar-refractivity contribution in [1.29, 1.82) is 0 Å². The van der Waals surface area contributed by atoms with Crippen molar-refractivity contribution < 1.29 is 18.7 Å². The fraction of sp³-hybridized carbons (Fsp3) is 0.417. The number of nitrogens with one attached hydrogen (secondary N) is 1. The number of aromatic nitrogens is 3. The van der Waals surface area contributed by atoms with Crippen molar-refractivity contribution in [3.05, 3.63) is 63.6 Å². The number of aryl methyl sites for hydroxylation is 2. The van der Waals surface area contributed by atoms with Crippen LogP contribution >= 0.6 is 0 Å². The first kappa shape index (κ1) is 22.7. The highest BCUT2D eigenvalue weighted by Crippen LogP contribution is 2.25. The Kier molecular flexibility index (Phi) is 6.57. The number of amides is 1. The Hall–Kier alpha value is -3.49. The molecule has 2 aromatic heterocycles. The molecule has 0 bridgehead atoms. The van der Waals surface area contributed by atoms with Crippen molar-refractivity contribution in [2.75, 3.05) is 20.2 Å².